The lowest BCUT2D eigenvalue weighted by Crippen LogP contribution is -2.11. The fraction of sp³-hybridized carbons (Fsp3) is 0.278. The lowest BCUT2D eigenvalue weighted by Gasteiger charge is -2.10. The molecular formula is C18H18F3N7O. The van der Waals surface area contributed by atoms with Crippen LogP contribution in [0.5, 0.6) is 0 Å². The monoisotopic (exact) mass is 405 g/mol. The average Bonchev–Trinajstić information content (AvgIpc) is 3.09. The molecule has 152 valence electrons. The Balaban J connectivity index is 1.79. The summed E-state index contributed by atoms with van der Waals surface area (Å²) in [5.74, 6) is -0.0290. The number of primary amides is 1. The smallest absolute Gasteiger partial charge is 0.370 e. The minimum Gasteiger partial charge on any atom is -0.370 e. The summed E-state index contributed by atoms with van der Waals surface area (Å²) >= 11 is 0. The van der Waals surface area contributed by atoms with Crippen molar-refractivity contribution in [3.63, 3.8) is 0 Å². The van der Waals surface area contributed by atoms with E-state index in [0.717, 1.165) is 23.9 Å². The Labute approximate surface area is 164 Å². The number of carbonyl (C=O) groups excluding carboxylic acids is 1. The number of carbonyl (C=O) groups is 1. The maximum atomic E-state index is 12.9. The van der Waals surface area contributed by atoms with Gasteiger partial charge in [0.25, 0.3) is 0 Å². The molecule has 3 heterocycles. The first-order valence-corrected chi connectivity index (χ1v) is 8.68. The van der Waals surface area contributed by atoms with Crippen LogP contribution in [0.3, 0.4) is 0 Å². The SMILES string of the molecule is Cc1cc(Nc2cc(C(F)(F)F)ccn2)nc(-c2cn(CCCC(N)=O)nn2)c1. The van der Waals surface area contributed by atoms with Crippen molar-refractivity contribution in [3.8, 4) is 11.4 Å². The number of pyridine rings is 2. The van der Waals surface area contributed by atoms with Crippen molar-refractivity contribution in [2.24, 2.45) is 5.73 Å². The Morgan fingerprint density at radius 3 is 2.72 bits per heavy atom. The number of aromatic nitrogens is 5. The van der Waals surface area contributed by atoms with Gasteiger partial charge in [0.15, 0.2) is 0 Å². The summed E-state index contributed by atoms with van der Waals surface area (Å²) in [5, 5.41) is 10.8. The number of aryl methyl sites for hydroxylation is 2. The molecule has 3 N–H and O–H groups in total. The van der Waals surface area contributed by atoms with Crippen LogP contribution in [-0.2, 0) is 17.5 Å². The Hall–Kier alpha value is -3.50. The quantitative estimate of drug-likeness (QED) is 0.625. The number of nitrogens with two attached hydrogens (primary N) is 1. The number of hydrogen-bond donors (Lipinski definition) is 2. The van der Waals surface area contributed by atoms with Gasteiger partial charge in [0, 0.05) is 19.2 Å². The second-order valence-corrected chi connectivity index (χ2v) is 6.40. The van der Waals surface area contributed by atoms with Crippen LogP contribution in [0.2, 0.25) is 0 Å². The van der Waals surface area contributed by atoms with Crippen molar-refractivity contribution in [2.75, 3.05) is 5.32 Å². The zero-order chi connectivity index (χ0) is 21.0. The van der Waals surface area contributed by atoms with Crippen LogP contribution in [0.4, 0.5) is 24.8 Å². The van der Waals surface area contributed by atoms with Gasteiger partial charge in [-0.05, 0) is 43.2 Å². The Morgan fingerprint density at radius 1 is 1.21 bits per heavy atom. The largest absolute Gasteiger partial charge is 0.416 e. The van der Waals surface area contributed by atoms with E-state index in [1.807, 2.05) is 6.92 Å². The summed E-state index contributed by atoms with van der Waals surface area (Å²) in [6, 6.07) is 5.28. The molecule has 1 amide bonds. The standard InChI is InChI=1S/C18H18F3N7O/c1-11-7-13(14-10-28(27-26-14)6-2-3-15(22)29)24-17(8-11)25-16-9-12(4-5-23-16)18(19,20)21/h4-5,7-10H,2-3,6H2,1H3,(H2,22,29)(H,23,24,25). The van der Waals surface area contributed by atoms with Crippen LogP contribution < -0.4 is 11.1 Å². The van der Waals surface area contributed by atoms with E-state index in [-0.39, 0.29) is 18.1 Å². The minimum absolute atomic E-state index is 0.0268. The number of alkyl halides is 3. The minimum atomic E-state index is -4.46. The topological polar surface area (TPSA) is 112 Å². The first-order valence-electron chi connectivity index (χ1n) is 8.68. The molecule has 3 rings (SSSR count). The normalized spacial score (nSPS) is 11.4. The van der Waals surface area contributed by atoms with Crippen LogP contribution >= 0.6 is 0 Å². The fourth-order valence-corrected chi connectivity index (χ4v) is 2.61. The molecule has 0 aliphatic heterocycles. The number of anilines is 2. The molecule has 0 unspecified atom stereocenters. The summed E-state index contributed by atoms with van der Waals surface area (Å²) in [6.07, 6.45) is -0.921. The molecule has 0 bridgehead atoms. The van der Waals surface area contributed by atoms with E-state index in [4.69, 9.17) is 5.73 Å². The van der Waals surface area contributed by atoms with Crippen molar-refractivity contribution >= 4 is 17.5 Å². The van der Waals surface area contributed by atoms with E-state index in [9.17, 15) is 18.0 Å². The predicted octanol–water partition coefficient (Wildman–Crippen LogP) is 3.07. The van der Waals surface area contributed by atoms with Crippen LogP contribution in [0.1, 0.15) is 24.0 Å². The van der Waals surface area contributed by atoms with Gasteiger partial charge in [-0.1, -0.05) is 5.21 Å². The number of rotatable bonds is 7. The molecule has 11 heteroatoms. The summed E-state index contributed by atoms with van der Waals surface area (Å²) in [4.78, 5) is 19.1. The van der Waals surface area contributed by atoms with Crippen molar-refractivity contribution < 1.29 is 18.0 Å². The number of nitrogens with zero attached hydrogens (tertiary/aromatic N) is 5. The van der Waals surface area contributed by atoms with E-state index in [1.54, 1.807) is 23.0 Å². The van der Waals surface area contributed by atoms with E-state index in [0.29, 0.717) is 30.2 Å². The Kier molecular flexibility index (Phi) is 5.76. The molecular weight excluding hydrogens is 387 g/mol. The fourth-order valence-electron chi connectivity index (χ4n) is 2.61. The first-order chi connectivity index (χ1) is 13.7. The van der Waals surface area contributed by atoms with E-state index >= 15 is 0 Å². The highest BCUT2D eigenvalue weighted by atomic mass is 19.4. The van der Waals surface area contributed by atoms with Crippen molar-refractivity contribution in [3.05, 3.63) is 47.8 Å². The highest BCUT2D eigenvalue weighted by molar-refractivity contribution is 5.73. The molecule has 3 aromatic rings. The number of hydrogen-bond acceptors (Lipinski definition) is 6. The van der Waals surface area contributed by atoms with Crippen LogP contribution in [-0.4, -0.2) is 30.9 Å². The van der Waals surface area contributed by atoms with Gasteiger partial charge in [0.2, 0.25) is 5.91 Å². The van der Waals surface area contributed by atoms with Crippen LogP contribution in [0.15, 0.2) is 36.7 Å². The van der Waals surface area contributed by atoms with Crippen molar-refractivity contribution in [2.45, 2.75) is 32.5 Å². The summed E-state index contributed by atoms with van der Waals surface area (Å²) in [6.45, 7) is 2.30. The van der Waals surface area contributed by atoms with Crippen LogP contribution in [0.25, 0.3) is 11.4 Å². The molecule has 0 aromatic carbocycles. The van der Waals surface area contributed by atoms with Crippen LogP contribution in [0, 0.1) is 6.92 Å². The Morgan fingerprint density at radius 2 is 2.00 bits per heavy atom. The maximum absolute atomic E-state index is 12.9. The zero-order valence-electron chi connectivity index (χ0n) is 15.4. The van der Waals surface area contributed by atoms with E-state index < -0.39 is 11.7 Å². The number of halogens is 3. The van der Waals surface area contributed by atoms with Gasteiger partial charge in [0.1, 0.15) is 17.3 Å². The van der Waals surface area contributed by atoms with E-state index in [1.165, 1.54) is 0 Å². The third-order valence-corrected chi connectivity index (χ3v) is 3.92. The number of nitrogens with one attached hydrogen (secondary N) is 1. The van der Waals surface area contributed by atoms with Gasteiger partial charge in [-0.2, -0.15) is 13.2 Å². The molecule has 3 aromatic heterocycles. The van der Waals surface area contributed by atoms with Gasteiger partial charge < -0.3 is 11.1 Å². The molecule has 0 radical (unpaired) electrons. The second kappa shape index (κ2) is 8.25. The van der Waals surface area contributed by atoms with Gasteiger partial charge >= 0.3 is 6.18 Å². The molecule has 0 aliphatic rings. The van der Waals surface area contributed by atoms with Gasteiger partial charge in [-0.15, -0.1) is 5.10 Å². The van der Waals surface area contributed by atoms with Crippen molar-refractivity contribution in [1.82, 2.24) is 25.0 Å². The van der Waals surface area contributed by atoms with Gasteiger partial charge in [0.05, 0.1) is 17.5 Å². The zero-order valence-corrected chi connectivity index (χ0v) is 15.4. The third-order valence-electron chi connectivity index (χ3n) is 3.92. The lowest BCUT2D eigenvalue weighted by atomic mass is 10.2. The maximum Gasteiger partial charge on any atom is 0.416 e. The molecule has 8 nitrogen and oxygen atoms in total. The average molecular weight is 405 g/mol. The molecule has 0 saturated heterocycles. The van der Waals surface area contributed by atoms with Crippen molar-refractivity contribution in [1.29, 1.82) is 0 Å². The Bertz CT molecular complexity index is 1020. The molecule has 0 aliphatic carbocycles. The third kappa shape index (κ3) is 5.50. The first kappa shape index (κ1) is 20.2. The molecule has 0 atom stereocenters. The highest BCUT2D eigenvalue weighted by Gasteiger charge is 2.30. The van der Waals surface area contributed by atoms with Gasteiger partial charge in [-0.25, -0.2) is 9.97 Å². The summed E-state index contributed by atoms with van der Waals surface area (Å²) in [7, 11) is 0. The second-order valence-electron chi connectivity index (χ2n) is 6.40. The lowest BCUT2D eigenvalue weighted by molar-refractivity contribution is -0.137. The predicted molar refractivity (Wildman–Crippen MR) is 98.9 cm³/mol. The van der Waals surface area contributed by atoms with E-state index in [2.05, 4.69) is 25.6 Å². The number of amides is 1. The molecule has 29 heavy (non-hydrogen) atoms. The summed E-state index contributed by atoms with van der Waals surface area (Å²) < 4.78 is 40.2. The molecule has 0 spiro atoms. The molecule has 0 fully saturated rings. The van der Waals surface area contributed by atoms with Gasteiger partial charge in [-0.3, -0.25) is 9.48 Å². The summed E-state index contributed by atoms with van der Waals surface area (Å²) in [5.41, 5.74) is 6.13. The molecule has 0 saturated carbocycles. The highest BCUT2D eigenvalue weighted by Crippen LogP contribution is 2.30.